The van der Waals surface area contributed by atoms with E-state index in [0.29, 0.717) is 12.4 Å². The lowest BCUT2D eigenvalue weighted by molar-refractivity contribution is 0.391. The van der Waals surface area contributed by atoms with E-state index in [1.807, 2.05) is 59.4 Å². The largest absolute Gasteiger partial charge is 0.405 e. The second-order valence-electron chi connectivity index (χ2n) is 9.39. The first-order valence-corrected chi connectivity index (χ1v) is 16.5. The molecule has 3 rings (SSSR count). The van der Waals surface area contributed by atoms with Crippen LogP contribution in [-0.4, -0.2) is 49.9 Å². The number of aryl methyl sites for hydroxylation is 1. The number of amidine groups is 1. The average Bonchev–Trinajstić information content (AvgIpc) is 3.40. The average molecular weight is 628 g/mol. The standard InChI is InChI=1S/C20H28BN4S.C7H7Cl.C3H7F.C3H6.C2H6/c1-5-8-16(9-6-2)18-13-23-20(15(3)26-4)25-14-17(12-19(18)25)21-24-11-7-10-22;1-6-3-2-4-7(8)5-6;1-3(2)4;1-3-2;1-2/h5,7-11,17H,3,6,12-14,22H2,1-2,4H3;2-5H,1H3;3H,1-2H3;3H,1H2,2H3;1-2H3/b8-5-,10-7-,16-9+,24-11+;;;;. The molecule has 1 fully saturated rings. The highest BCUT2D eigenvalue weighted by Gasteiger charge is 2.35. The molecule has 8 heteroatoms. The number of allylic oxidation sites excluding steroid dienone is 6. The summed E-state index contributed by atoms with van der Waals surface area (Å²) in [5.41, 5.74) is 10.5. The maximum atomic E-state index is 11.0. The van der Waals surface area contributed by atoms with Crippen LogP contribution in [-0.2, 0) is 0 Å². The molecule has 1 aromatic rings. The molecule has 237 valence electrons. The maximum absolute atomic E-state index is 11.0. The van der Waals surface area contributed by atoms with Crippen LogP contribution in [0.25, 0.3) is 0 Å². The van der Waals surface area contributed by atoms with Crippen LogP contribution >= 0.6 is 23.4 Å². The van der Waals surface area contributed by atoms with Gasteiger partial charge in [0.05, 0.1) is 12.7 Å². The minimum Gasteiger partial charge on any atom is -0.405 e. The first kappa shape index (κ1) is 42.4. The van der Waals surface area contributed by atoms with Gasteiger partial charge in [0.1, 0.15) is 5.84 Å². The van der Waals surface area contributed by atoms with E-state index in [4.69, 9.17) is 22.3 Å². The van der Waals surface area contributed by atoms with E-state index in [2.05, 4.69) is 61.3 Å². The van der Waals surface area contributed by atoms with Crippen LogP contribution in [0.4, 0.5) is 4.39 Å². The Bertz CT molecular complexity index is 1100. The molecule has 1 aromatic carbocycles. The quantitative estimate of drug-likeness (QED) is 0.135. The number of alkyl halides is 1. The lowest BCUT2D eigenvalue weighted by Crippen LogP contribution is -2.32. The van der Waals surface area contributed by atoms with E-state index < -0.39 is 6.17 Å². The zero-order chi connectivity index (χ0) is 33.2. The SMILES string of the molecule is C=C(SC)C1=NCC(C(/C=C\C)=C/CC)=C2CC([B]/N=C/C=C\N)CN12.C=CC.CC.CC(C)F.Cc1cccc(Cl)c1. The molecule has 1 unspecified atom stereocenters. The molecule has 43 heavy (non-hydrogen) atoms. The van der Waals surface area contributed by atoms with Crippen molar-refractivity contribution >= 4 is 42.8 Å². The number of benzene rings is 1. The topological polar surface area (TPSA) is 54.0 Å². The fourth-order valence-electron chi connectivity index (χ4n) is 3.85. The van der Waals surface area contributed by atoms with Crippen LogP contribution < -0.4 is 5.73 Å². The van der Waals surface area contributed by atoms with Crippen molar-refractivity contribution in [3.63, 3.8) is 0 Å². The highest BCUT2D eigenvalue weighted by molar-refractivity contribution is 8.03. The van der Waals surface area contributed by atoms with Gasteiger partial charge in [-0.1, -0.05) is 75.4 Å². The molecule has 1 saturated heterocycles. The molecular formula is C35H54BClFN4S. The summed E-state index contributed by atoms with van der Waals surface area (Å²) in [5.74, 6) is 1.36. The number of halogens is 2. The molecule has 2 aliphatic rings. The van der Waals surface area contributed by atoms with E-state index in [1.54, 1.807) is 30.1 Å². The summed E-state index contributed by atoms with van der Waals surface area (Å²) in [7, 11) is 2.02. The molecular weight excluding hydrogens is 574 g/mol. The van der Waals surface area contributed by atoms with Crippen molar-refractivity contribution in [1.29, 1.82) is 0 Å². The highest BCUT2D eigenvalue weighted by atomic mass is 35.5. The van der Waals surface area contributed by atoms with Crippen molar-refractivity contribution < 1.29 is 4.39 Å². The summed E-state index contributed by atoms with van der Waals surface area (Å²) in [5, 5.41) is 0.810. The maximum Gasteiger partial charge on any atom is 0.280 e. The first-order valence-electron chi connectivity index (χ1n) is 14.9. The summed E-state index contributed by atoms with van der Waals surface area (Å²) in [6.07, 6.45) is 16.6. The predicted molar refractivity (Wildman–Crippen MR) is 197 cm³/mol. The van der Waals surface area contributed by atoms with Crippen LogP contribution in [0.5, 0.6) is 0 Å². The number of nitrogens with zero attached hydrogens (tertiary/aromatic N) is 3. The molecule has 0 amide bonds. The predicted octanol–water partition coefficient (Wildman–Crippen LogP) is 10.3. The smallest absolute Gasteiger partial charge is 0.280 e. The van der Waals surface area contributed by atoms with Gasteiger partial charge >= 0.3 is 0 Å². The normalized spacial score (nSPS) is 15.8. The molecule has 0 aliphatic carbocycles. The van der Waals surface area contributed by atoms with Crippen LogP contribution in [0.1, 0.15) is 66.9 Å². The number of hydrogen-bond acceptors (Lipinski definition) is 5. The fourth-order valence-corrected chi connectivity index (χ4v) is 4.46. The molecule has 0 saturated carbocycles. The van der Waals surface area contributed by atoms with Gasteiger partial charge in [0.2, 0.25) is 0 Å². The number of nitrogens with two attached hydrogens (primary N) is 1. The van der Waals surface area contributed by atoms with E-state index in [9.17, 15) is 4.39 Å². The fraction of sp³-hybridized carbons (Fsp3) is 0.429. The number of hydrogen-bond donors (Lipinski definition) is 1. The van der Waals surface area contributed by atoms with Crippen molar-refractivity contribution in [1.82, 2.24) is 4.90 Å². The minimum atomic E-state index is -0.667. The summed E-state index contributed by atoms with van der Waals surface area (Å²) in [6, 6.07) is 7.76. The molecule has 0 spiro atoms. The van der Waals surface area contributed by atoms with Gasteiger partial charge in [-0.3, -0.25) is 4.99 Å². The molecule has 1 atom stereocenters. The third-order valence-electron chi connectivity index (χ3n) is 5.36. The van der Waals surface area contributed by atoms with Gasteiger partial charge in [0.15, 0.2) is 0 Å². The first-order chi connectivity index (χ1) is 20.6. The second-order valence-corrected chi connectivity index (χ2v) is 10.7. The summed E-state index contributed by atoms with van der Waals surface area (Å²) >= 11 is 7.30. The van der Waals surface area contributed by atoms with E-state index in [1.165, 1.54) is 42.5 Å². The third kappa shape index (κ3) is 18.5. The van der Waals surface area contributed by atoms with Gasteiger partial charge in [0.25, 0.3) is 7.41 Å². The Hall–Kier alpha value is -2.77. The Morgan fingerprint density at radius 3 is 2.42 bits per heavy atom. The van der Waals surface area contributed by atoms with Gasteiger partial charge in [-0.25, -0.2) is 4.39 Å². The van der Waals surface area contributed by atoms with Gasteiger partial charge in [-0.15, -0.1) is 18.3 Å². The van der Waals surface area contributed by atoms with Crippen molar-refractivity contribution in [2.24, 2.45) is 15.6 Å². The summed E-state index contributed by atoms with van der Waals surface area (Å²) in [6.45, 7) is 24.3. The molecule has 2 N–H and O–H groups in total. The Balaban J connectivity index is 0. The van der Waals surface area contributed by atoms with Crippen molar-refractivity contribution in [2.45, 2.75) is 80.2 Å². The summed E-state index contributed by atoms with van der Waals surface area (Å²) in [4.78, 5) is 12.6. The second kappa shape index (κ2) is 26.8. The van der Waals surface area contributed by atoms with Crippen molar-refractivity contribution in [3.8, 4) is 0 Å². The Morgan fingerprint density at radius 2 is 1.95 bits per heavy atom. The van der Waals surface area contributed by atoms with Gasteiger partial charge in [-0.2, -0.15) is 0 Å². The zero-order valence-corrected chi connectivity index (χ0v) is 29.5. The number of fused-ring (bicyclic) bond motifs is 1. The third-order valence-corrected chi connectivity index (χ3v) is 6.27. The monoisotopic (exact) mass is 627 g/mol. The Labute approximate surface area is 272 Å². The number of thioether (sulfide) groups is 1. The minimum absolute atomic E-state index is 0.355. The van der Waals surface area contributed by atoms with Crippen LogP contribution in [0.3, 0.4) is 0 Å². The van der Waals surface area contributed by atoms with E-state index in [0.717, 1.165) is 35.1 Å². The van der Waals surface area contributed by atoms with Crippen LogP contribution in [0, 0.1) is 6.92 Å². The van der Waals surface area contributed by atoms with Gasteiger partial charge in [-0.05, 0) is 101 Å². The number of aliphatic imine (C=N–C) groups is 1. The molecule has 1 radical (unpaired) electrons. The Kier molecular flexibility index (Phi) is 26.4. The molecule has 0 bridgehead atoms. The van der Waals surface area contributed by atoms with E-state index in [-0.39, 0.29) is 0 Å². The molecule has 4 nitrogen and oxygen atoms in total. The molecule has 2 aliphatic heterocycles. The van der Waals surface area contributed by atoms with Gasteiger partial charge in [0, 0.05) is 28.4 Å². The number of rotatable bonds is 8. The van der Waals surface area contributed by atoms with Crippen LogP contribution in [0.2, 0.25) is 10.8 Å². The lowest BCUT2D eigenvalue weighted by Gasteiger charge is -2.30. The van der Waals surface area contributed by atoms with Crippen molar-refractivity contribution in [3.05, 3.63) is 106 Å². The highest BCUT2D eigenvalue weighted by Crippen LogP contribution is 2.39. The Morgan fingerprint density at radius 1 is 1.33 bits per heavy atom. The zero-order valence-electron chi connectivity index (χ0n) is 27.9. The van der Waals surface area contributed by atoms with Crippen molar-refractivity contribution in [2.75, 3.05) is 19.3 Å². The van der Waals surface area contributed by atoms with Crippen LogP contribution in [0.15, 0.2) is 106 Å². The van der Waals surface area contributed by atoms with E-state index >= 15 is 0 Å². The molecule has 2 heterocycles. The van der Waals surface area contributed by atoms with Gasteiger partial charge < -0.3 is 15.5 Å². The molecule has 0 aromatic heterocycles. The summed E-state index contributed by atoms with van der Waals surface area (Å²) < 4.78 is 11.0. The lowest BCUT2D eigenvalue weighted by atomic mass is 9.75.